The third-order valence-corrected chi connectivity index (χ3v) is 4.26. The number of nitrogens with one attached hydrogen (secondary N) is 1. The van der Waals surface area contributed by atoms with Gasteiger partial charge in [-0.25, -0.2) is 0 Å². The smallest absolute Gasteiger partial charge is 0.263 e. The van der Waals surface area contributed by atoms with Crippen molar-refractivity contribution in [2.45, 2.75) is 30.5 Å². The molecule has 1 aromatic rings. The zero-order valence-corrected chi connectivity index (χ0v) is 11.6. The van der Waals surface area contributed by atoms with E-state index >= 15 is 0 Å². The van der Waals surface area contributed by atoms with Crippen LogP contribution < -0.4 is 10.2 Å². The van der Waals surface area contributed by atoms with Crippen LogP contribution in [0.1, 0.15) is 13.3 Å². The van der Waals surface area contributed by atoms with Crippen molar-refractivity contribution in [3.8, 4) is 0 Å². The van der Waals surface area contributed by atoms with Crippen molar-refractivity contribution in [3.63, 3.8) is 0 Å². The molecule has 0 saturated carbocycles. The van der Waals surface area contributed by atoms with Gasteiger partial charge in [0.1, 0.15) is 0 Å². The molecule has 1 amide bonds. The molecule has 2 bridgehead atoms. The van der Waals surface area contributed by atoms with Crippen LogP contribution in [0.4, 0.5) is 5.69 Å². The Balaban J connectivity index is 1.97. The van der Waals surface area contributed by atoms with Crippen molar-refractivity contribution < 1.29 is 9.53 Å². The van der Waals surface area contributed by atoms with Gasteiger partial charge in [-0.2, -0.15) is 0 Å². The monoisotopic (exact) mass is 280 g/mol. The summed E-state index contributed by atoms with van der Waals surface area (Å²) < 4.78 is 5.76. The van der Waals surface area contributed by atoms with Gasteiger partial charge in [-0.1, -0.05) is 29.8 Å². The maximum atomic E-state index is 12.5. The molecule has 3 heterocycles. The molecule has 3 aliphatic heterocycles. The number of carbonyl (C=O) groups excluding carboxylic acids is 1. The molecule has 0 radical (unpaired) electrons. The summed E-state index contributed by atoms with van der Waals surface area (Å²) >= 11 is 6.44. The normalized spacial score (nSPS) is 33.8. The number of amides is 1. The van der Waals surface area contributed by atoms with Crippen LogP contribution in [0.25, 0.3) is 0 Å². The average molecular weight is 281 g/mol. The number of rotatable bonds is 3. The molecule has 1 aromatic carbocycles. The number of nitrogens with zero attached hydrogens (tertiary/aromatic N) is 1. The van der Waals surface area contributed by atoms with Crippen LogP contribution in [0.3, 0.4) is 0 Å². The maximum absolute atomic E-state index is 12.5. The maximum Gasteiger partial charge on any atom is 0.263 e. The summed E-state index contributed by atoms with van der Waals surface area (Å²) in [7, 11) is 0. The number of alkyl halides is 1. The molecule has 3 fully saturated rings. The molecule has 102 valence electrons. The van der Waals surface area contributed by atoms with Crippen molar-refractivity contribution in [2.75, 3.05) is 18.1 Å². The first-order valence-corrected chi connectivity index (χ1v) is 6.98. The van der Waals surface area contributed by atoms with Gasteiger partial charge in [-0.3, -0.25) is 10.1 Å². The van der Waals surface area contributed by atoms with Crippen molar-refractivity contribution >= 4 is 23.2 Å². The molecule has 3 aliphatic rings. The molecular formula is C14H17ClN2O2. The highest BCUT2D eigenvalue weighted by atomic mass is 35.5. The summed E-state index contributed by atoms with van der Waals surface area (Å²) in [5.74, 6) is -0.0763. The summed E-state index contributed by atoms with van der Waals surface area (Å²) in [6.45, 7) is 3.26. The van der Waals surface area contributed by atoms with Crippen molar-refractivity contribution in [2.24, 2.45) is 0 Å². The number of anilines is 1. The Bertz CT molecular complexity index is 482. The zero-order valence-electron chi connectivity index (χ0n) is 10.8. The van der Waals surface area contributed by atoms with Crippen molar-refractivity contribution in [3.05, 3.63) is 30.3 Å². The first-order chi connectivity index (χ1) is 9.15. The number of hydrogen-bond acceptors (Lipinski definition) is 3. The lowest BCUT2D eigenvalue weighted by Gasteiger charge is -2.52. The minimum Gasteiger partial charge on any atom is -0.376 e. The number of fused-ring (bicyclic) bond motifs is 3. The van der Waals surface area contributed by atoms with E-state index in [1.807, 2.05) is 37.3 Å². The van der Waals surface area contributed by atoms with Gasteiger partial charge < -0.3 is 9.64 Å². The number of halogens is 1. The third-order valence-electron chi connectivity index (χ3n) is 3.81. The van der Waals surface area contributed by atoms with E-state index in [0.717, 1.165) is 5.69 Å². The number of benzene rings is 1. The number of piperidine rings is 2. The van der Waals surface area contributed by atoms with Crippen molar-refractivity contribution in [1.29, 1.82) is 0 Å². The van der Waals surface area contributed by atoms with E-state index in [1.54, 1.807) is 4.90 Å². The minimum absolute atomic E-state index is 0.00970. The highest BCUT2D eigenvalue weighted by Gasteiger charge is 2.56. The van der Waals surface area contributed by atoms with Crippen LogP contribution in [0.5, 0.6) is 0 Å². The Hall–Kier alpha value is -1.10. The Labute approximate surface area is 117 Å². The van der Waals surface area contributed by atoms with Crippen LogP contribution >= 0.6 is 11.6 Å². The standard InChI is InChI=1S/C14H17ClN2O2/c1-2-19-12-8-14(15)13(18)17(11(12)9-16-14)10-6-4-3-5-7-10/h3-7,11-12,16H,2,8-9H2,1H3/t11-,12+,14+/m0/s1. The summed E-state index contributed by atoms with van der Waals surface area (Å²) in [5, 5.41) is 3.13. The SMILES string of the molecule is CCO[C@@H]1C[C@@]2(Cl)NC[C@@H]1N(c1ccccc1)C2=O. The molecule has 1 N–H and O–H groups in total. The van der Waals surface area contributed by atoms with E-state index in [2.05, 4.69) is 5.32 Å². The molecular weight excluding hydrogens is 264 g/mol. The molecule has 3 atom stereocenters. The summed E-state index contributed by atoms with van der Waals surface area (Å²) in [6.07, 6.45) is 0.511. The lowest BCUT2D eigenvalue weighted by Crippen LogP contribution is -2.75. The zero-order chi connectivity index (χ0) is 13.5. The summed E-state index contributed by atoms with van der Waals surface area (Å²) in [4.78, 5) is 13.3. The van der Waals surface area contributed by atoms with E-state index in [9.17, 15) is 4.79 Å². The predicted octanol–water partition coefficient (Wildman–Crippen LogP) is 1.74. The minimum atomic E-state index is -1.02. The second kappa shape index (κ2) is 4.78. The number of para-hydroxylation sites is 1. The largest absolute Gasteiger partial charge is 0.376 e. The topological polar surface area (TPSA) is 41.6 Å². The predicted molar refractivity (Wildman–Crippen MR) is 74.3 cm³/mol. The van der Waals surface area contributed by atoms with Crippen LogP contribution in [0, 0.1) is 0 Å². The molecule has 19 heavy (non-hydrogen) atoms. The van der Waals surface area contributed by atoms with Gasteiger partial charge in [0, 0.05) is 25.3 Å². The molecule has 4 rings (SSSR count). The second-order valence-corrected chi connectivity index (χ2v) is 5.60. The van der Waals surface area contributed by atoms with E-state index in [0.29, 0.717) is 19.6 Å². The molecule has 4 nitrogen and oxygen atoms in total. The quantitative estimate of drug-likeness (QED) is 0.677. The van der Waals surface area contributed by atoms with E-state index in [1.165, 1.54) is 0 Å². The van der Waals surface area contributed by atoms with Crippen LogP contribution in [-0.2, 0) is 9.53 Å². The van der Waals surface area contributed by atoms with Gasteiger partial charge in [0.25, 0.3) is 5.91 Å². The van der Waals surface area contributed by atoms with Crippen LogP contribution in [-0.4, -0.2) is 36.2 Å². The lowest BCUT2D eigenvalue weighted by atomic mass is 9.88. The molecule has 0 unspecified atom stereocenters. The number of hydrogen-bond donors (Lipinski definition) is 1. The van der Waals surface area contributed by atoms with Gasteiger partial charge >= 0.3 is 0 Å². The van der Waals surface area contributed by atoms with Gasteiger partial charge in [-0.15, -0.1) is 0 Å². The van der Waals surface area contributed by atoms with Gasteiger partial charge in [0.05, 0.1) is 12.1 Å². The van der Waals surface area contributed by atoms with Crippen molar-refractivity contribution in [1.82, 2.24) is 5.32 Å². The Morgan fingerprint density at radius 1 is 1.47 bits per heavy atom. The Morgan fingerprint density at radius 3 is 2.89 bits per heavy atom. The number of carbonyl (C=O) groups is 1. The summed E-state index contributed by atoms with van der Waals surface area (Å²) in [5.41, 5.74) is 0.883. The Morgan fingerprint density at radius 2 is 2.21 bits per heavy atom. The van der Waals surface area contributed by atoms with E-state index in [4.69, 9.17) is 16.3 Å². The average Bonchev–Trinajstić information content (AvgIpc) is 2.42. The van der Waals surface area contributed by atoms with E-state index < -0.39 is 5.00 Å². The lowest BCUT2D eigenvalue weighted by molar-refractivity contribution is -0.131. The number of ether oxygens (including phenoxy) is 1. The van der Waals surface area contributed by atoms with Gasteiger partial charge in [-0.05, 0) is 19.1 Å². The van der Waals surface area contributed by atoms with E-state index in [-0.39, 0.29) is 18.1 Å². The first-order valence-electron chi connectivity index (χ1n) is 6.60. The van der Waals surface area contributed by atoms with Gasteiger partial charge in [0.2, 0.25) is 0 Å². The van der Waals surface area contributed by atoms with Crippen LogP contribution in [0.2, 0.25) is 0 Å². The highest BCUT2D eigenvalue weighted by Crippen LogP contribution is 2.38. The Kier molecular flexibility index (Phi) is 3.25. The fraction of sp³-hybridized carbons (Fsp3) is 0.500. The fourth-order valence-electron chi connectivity index (χ4n) is 2.93. The first kappa shape index (κ1) is 12.9. The summed E-state index contributed by atoms with van der Waals surface area (Å²) in [6, 6.07) is 9.66. The molecule has 0 aliphatic carbocycles. The molecule has 0 aromatic heterocycles. The van der Waals surface area contributed by atoms with Gasteiger partial charge in [0.15, 0.2) is 5.00 Å². The van der Waals surface area contributed by atoms with Crippen LogP contribution in [0.15, 0.2) is 30.3 Å². The third kappa shape index (κ3) is 2.04. The highest BCUT2D eigenvalue weighted by molar-refractivity contribution is 6.37. The molecule has 0 spiro atoms. The molecule has 3 saturated heterocycles. The number of piperazine rings is 1. The second-order valence-electron chi connectivity index (χ2n) is 4.96. The molecule has 5 heteroatoms. The fourth-order valence-corrected chi connectivity index (χ4v) is 3.25.